The molecule has 1 unspecified atom stereocenters. The van der Waals surface area contributed by atoms with Crippen molar-refractivity contribution in [2.24, 2.45) is 5.92 Å². The van der Waals surface area contributed by atoms with Gasteiger partial charge in [-0.2, -0.15) is 5.26 Å². The van der Waals surface area contributed by atoms with Gasteiger partial charge in [0.1, 0.15) is 6.04 Å². The van der Waals surface area contributed by atoms with Gasteiger partial charge in [0.15, 0.2) is 0 Å². The number of benzene rings is 1. The van der Waals surface area contributed by atoms with Gasteiger partial charge in [-0.05, 0) is 36.5 Å². The molecule has 2 saturated heterocycles. The molecule has 0 bridgehead atoms. The molecule has 1 amide bonds. The lowest BCUT2D eigenvalue weighted by molar-refractivity contribution is -0.143. The maximum Gasteiger partial charge on any atom is 0.233 e. The molecule has 5 nitrogen and oxygen atoms in total. The minimum Gasteiger partial charge on any atom is -0.381 e. The van der Waals surface area contributed by atoms with Gasteiger partial charge >= 0.3 is 0 Å². The summed E-state index contributed by atoms with van der Waals surface area (Å²) in [7, 11) is 0. The van der Waals surface area contributed by atoms with Gasteiger partial charge in [-0.1, -0.05) is 41.9 Å². The Morgan fingerprint density at radius 3 is 2.26 bits per heavy atom. The highest BCUT2D eigenvalue weighted by molar-refractivity contribution is 9.10. The predicted octanol–water partition coefficient (Wildman–Crippen LogP) is 3.19. The zero-order valence-electron chi connectivity index (χ0n) is 16.2. The van der Waals surface area contributed by atoms with Gasteiger partial charge in [0.05, 0.1) is 11.5 Å². The van der Waals surface area contributed by atoms with Crippen LogP contribution < -0.4 is 0 Å². The van der Waals surface area contributed by atoms with Crippen LogP contribution in [-0.2, 0) is 14.9 Å². The third-order valence-electron chi connectivity index (χ3n) is 5.91. The average Bonchev–Trinajstić information content (AvgIpc) is 2.69. The molecule has 0 radical (unpaired) electrons. The summed E-state index contributed by atoms with van der Waals surface area (Å²) in [5.41, 5.74) is 0.590. The molecule has 1 atom stereocenters. The maximum atomic E-state index is 13.6. The Balaban J connectivity index is 1.76. The van der Waals surface area contributed by atoms with E-state index in [-0.39, 0.29) is 11.9 Å². The summed E-state index contributed by atoms with van der Waals surface area (Å²) in [6.07, 6.45) is 1.45. The van der Waals surface area contributed by atoms with Crippen LogP contribution in [0, 0.1) is 17.2 Å². The Bertz CT molecular complexity index is 684. The van der Waals surface area contributed by atoms with Gasteiger partial charge in [-0.3, -0.25) is 9.69 Å². The van der Waals surface area contributed by atoms with Crippen LogP contribution in [0.2, 0.25) is 0 Å². The number of rotatable bonds is 4. The normalized spacial score (nSPS) is 21.7. The number of halogens is 1. The number of piperazine rings is 1. The summed E-state index contributed by atoms with van der Waals surface area (Å²) in [6, 6.07) is 10.5. The maximum absolute atomic E-state index is 13.6. The van der Waals surface area contributed by atoms with E-state index in [9.17, 15) is 10.1 Å². The number of carbonyl (C=O) groups is 1. The van der Waals surface area contributed by atoms with Gasteiger partial charge in [0.2, 0.25) is 5.91 Å². The second-order valence-corrected chi connectivity index (χ2v) is 8.76. The lowest BCUT2D eigenvalue weighted by atomic mass is 9.73. The molecule has 0 N–H and O–H groups in total. The van der Waals surface area contributed by atoms with Gasteiger partial charge in [0, 0.05) is 43.9 Å². The molecule has 3 rings (SSSR count). The molecular formula is C21H28BrN3O2. The summed E-state index contributed by atoms with van der Waals surface area (Å²) in [5, 5.41) is 9.45. The first-order valence-corrected chi connectivity index (χ1v) is 10.5. The zero-order chi connectivity index (χ0) is 19.4. The zero-order valence-corrected chi connectivity index (χ0v) is 17.7. The number of hydrogen-bond acceptors (Lipinski definition) is 4. The minimum atomic E-state index is -0.492. The predicted molar refractivity (Wildman–Crippen MR) is 108 cm³/mol. The van der Waals surface area contributed by atoms with Crippen molar-refractivity contribution in [3.8, 4) is 6.07 Å². The van der Waals surface area contributed by atoms with E-state index in [1.54, 1.807) is 0 Å². The van der Waals surface area contributed by atoms with Crippen LogP contribution in [0.3, 0.4) is 0 Å². The lowest BCUT2D eigenvalue weighted by Crippen LogP contribution is -2.57. The van der Waals surface area contributed by atoms with Gasteiger partial charge < -0.3 is 9.64 Å². The van der Waals surface area contributed by atoms with Crippen molar-refractivity contribution in [3.05, 3.63) is 34.3 Å². The fourth-order valence-corrected chi connectivity index (χ4v) is 4.54. The first kappa shape index (κ1) is 20.3. The second-order valence-electron chi connectivity index (χ2n) is 7.85. The number of nitriles is 1. The molecule has 0 aromatic heterocycles. The van der Waals surface area contributed by atoms with E-state index >= 15 is 0 Å². The van der Waals surface area contributed by atoms with Crippen LogP contribution in [0.25, 0.3) is 0 Å². The van der Waals surface area contributed by atoms with Crippen molar-refractivity contribution in [1.82, 2.24) is 9.80 Å². The number of ether oxygens (including phenoxy) is 1. The van der Waals surface area contributed by atoms with Crippen LogP contribution >= 0.6 is 15.9 Å². The second kappa shape index (κ2) is 8.72. The number of carbonyl (C=O) groups excluding carboxylic acids is 1. The Morgan fingerprint density at radius 1 is 1.15 bits per heavy atom. The average molecular weight is 434 g/mol. The Hall–Kier alpha value is -1.42. The topological polar surface area (TPSA) is 56.6 Å². The fourth-order valence-electron chi connectivity index (χ4n) is 4.27. The SMILES string of the molecule is CC(C)C(C#N)N1CCN(C(=O)C2(c3ccc(Br)cc3)CCOCC2)CC1. The van der Waals surface area contributed by atoms with E-state index in [4.69, 9.17) is 4.74 Å². The first-order valence-electron chi connectivity index (χ1n) is 9.75. The first-order chi connectivity index (χ1) is 13.0. The molecule has 0 aliphatic carbocycles. The molecule has 2 aliphatic heterocycles. The van der Waals surface area contributed by atoms with Crippen molar-refractivity contribution in [3.63, 3.8) is 0 Å². The van der Waals surface area contributed by atoms with Crippen LogP contribution in [0.15, 0.2) is 28.7 Å². The lowest BCUT2D eigenvalue weighted by Gasteiger charge is -2.44. The van der Waals surface area contributed by atoms with Gasteiger partial charge in [-0.25, -0.2) is 0 Å². The summed E-state index contributed by atoms with van der Waals surface area (Å²) in [5.74, 6) is 0.507. The van der Waals surface area contributed by atoms with Crippen molar-refractivity contribution in [1.29, 1.82) is 5.26 Å². The van der Waals surface area contributed by atoms with Crippen LogP contribution in [0.4, 0.5) is 0 Å². The van der Waals surface area contributed by atoms with E-state index in [0.29, 0.717) is 32.2 Å². The van der Waals surface area contributed by atoms with E-state index in [1.807, 2.05) is 17.0 Å². The van der Waals surface area contributed by atoms with Crippen molar-refractivity contribution >= 4 is 21.8 Å². The number of hydrogen-bond donors (Lipinski definition) is 0. The summed E-state index contributed by atoms with van der Waals surface area (Å²) < 4.78 is 6.59. The molecular weight excluding hydrogens is 406 g/mol. The molecule has 146 valence electrons. The monoisotopic (exact) mass is 433 g/mol. The summed E-state index contributed by atoms with van der Waals surface area (Å²) >= 11 is 3.49. The number of amides is 1. The molecule has 2 heterocycles. The summed E-state index contributed by atoms with van der Waals surface area (Å²) in [4.78, 5) is 17.8. The Labute approximate surface area is 170 Å². The van der Waals surface area contributed by atoms with Crippen LogP contribution in [0.5, 0.6) is 0 Å². The summed E-state index contributed by atoms with van der Waals surface area (Å²) in [6.45, 7) is 8.28. The molecule has 6 heteroatoms. The largest absolute Gasteiger partial charge is 0.381 e. The molecule has 2 fully saturated rings. The molecule has 2 aliphatic rings. The highest BCUT2D eigenvalue weighted by Gasteiger charge is 2.44. The highest BCUT2D eigenvalue weighted by Crippen LogP contribution is 2.37. The molecule has 0 saturated carbocycles. The molecule has 1 aromatic rings. The van der Waals surface area contributed by atoms with Gasteiger partial charge in [-0.15, -0.1) is 0 Å². The smallest absolute Gasteiger partial charge is 0.233 e. The van der Waals surface area contributed by atoms with Crippen molar-refractivity contribution in [2.75, 3.05) is 39.4 Å². The van der Waals surface area contributed by atoms with Crippen LogP contribution in [-0.4, -0.2) is 61.1 Å². The minimum absolute atomic E-state index is 0.0780. The fraction of sp³-hybridized carbons (Fsp3) is 0.619. The number of nitrogens with zero attached hydrogens (tertiary/aromatic N) is 3. The Kier molecular flexibility index (Phi) is 6.56. The highest BCUT2D eigenvalue weighted by atomic mass is 79.9. The molecule has 1 aromatic carbocycles. The molecule has 27 heavy (non-hydrogen) atoms. The standard InChI is InChI=1S/C21H28BrN3O2/c1-16(2)19(15-23)24-9-11-25(12-10-24)20(26)21(7-13-27-14-8-21)17-3-5-18(22)6-4-17/h3-6,16,19H,7-14H2,1-2H3. The quantitative estimate of drug-likeness (QED) is 0.731. The van der Waals surface area contributed by atoms with E-state index in [1.165, 1.54) is 0 Å². The Morgan fingerprint density at radius 2 is 1.74 bits per heavy atom. The van der Waals surface area contributed by atoms with E-state index < -0.39 is 5.41 Å². The van der Waals surface area contributed by atoms with E-state index in [2.05, 4.69) is 52.9 Å². The van der Waals surface area contributed by atoms with E-state index in [0.717, 1.165) is 36.0 Å². The molecule has 0 spiro atoms. The van der Waals surface area contributed by atoms with Crippen LogP contribution in [0.1, 0.15) is 32.3 Å². The van der Waals surface area contributed by atoms with Crippen molar-refractivity contribution < 1.29 is 9.53 Å². The third-order valence-corrected chi connectivity index (χ3v) is 6.44. The van der Waals surface area contributed by atoms with Gasteiger partial charge in [0.25, 0.3) is 0 Å². The third kappa shape index (κ3) is 4.21. The van der Waals surface area contributed by atoms with Crippen molar-refractivity contribution in [2.45, 2.75) is 38.1 Å².